The van der Waals surface area contributed by atoms with Gasteiger partial charge in [-0.15, -0.1) is 0 Å². The van der Waals surface area contributed by atoms with Gasteiger partial charge in [-0.05, 0) is 12.3 Å². The summed E-state index contributed by atoms with van der Waals surface area (Å²) < 4.78 is 0. The number of carbonyl (C=O) groups is 1. The van der Waals surface area contributed by atoms with Crippen molar-refractivity contribution in [1.29, 1.82) is 0 Å². The van der Waals surface area contributed by atoms with Crippen LogP contribution in [0.4, 0.5) is 0 Å². The molecule has 1 unspecified atom stereocenters. The van der Waals surface area contributed by atoms with Crippen molar-refractivity contribution in [3.05, 3.63) is 10.1 Å². The van der Waals surface area contributed by atoms with Gasteiger partial charge in [0.15, 0.2) is 0 Å². The zero-order chi connectivity index (χ0) is 9.14. The van der Waals surface area contributed by atoms with E-state index in [1.165, 1.54) is 0 Å². The average molecular weight is 173 g/mol. The number of nitrogens with zero attached hydrogens (tertiary/aromatic N) is 1. The highest BCUT2D eigenvalue weighted by Crippen LogP contribution is 2.35. The van der Waals surface area contributed by atoms with Crippen LogP contribution in [0.2, 0.25) is 0 Å². The quantitative estimate of drug-likeness (QED) is 0.491. The number of rotatable bonds is 5. The van der Waals surface area contributed by atoms with Crippen LogP contribution >= 0.6 is 0 Å². The Balaban J connectivity index is 2.36. The fourth-order valence-electron chi connectivity index (χ4n) is 1.19. The molecule has 0 aliphatic heterocycles. The molecule has 0 aromatic rings. The maximum Gasteiger partial charge on any atom is 0.313 e. The summed E-state index contributed by atoms with van der Waals surface area (Å²) in [6.07, 6.45) is 2.53. The maximum atomic E-state index is 10.5. The molecular weight excluding hydrogens is 162 g/mol. The van der Waals surface area contributed by atoms with E-state index in [9.17, 15) is 14.9 Å². The van der Waals surface area contributed by atoms with Gasteiger partial charge in [0.2, 0.25) is 6.54 Å². The number of nitro groups is 1. The second-order valence-corrected chi connectivity index (χ2v) is 3.23. The third kappa shape index (κ3) is 2.86. The molecular formula is C7H11NO4. The Kier molecular flexibility index (Phi) is 2.62. The van der Waals surface area contributed by atoms with Crippen LogP contribution in [0.1, 0.15) is 19.3 Å². The Morgan fingerprint density at radius 1 is 1.67 bits per heavy atom. The Morgan fingerprint density at radius 3 is 2.58 bits per heavy atom. The van der Waals surface area contributed by atoms with E-state index in [2.05, 4.69) is 0 Å². The smallest absolute Gasteiger partial charge is 0.313 e. The Hall–Kier alpha value is -1.13. The number of hydrogen-bond donors (Lipinski definition) is 1. The SMILES string of the molecule is O=C(O)C(CC1CC1)C[N+](=O)[O-]. The molecule has 0 saturated heterocycles. The molecule has 5 heteroatoms. The predicted octanol–water partition coefficient (Wildman–Crippen LogP) is 0.764. The van der Waals surface area contributed by atoms with Gasteiger partial charge >= 0.3 is 5.97 Å². The molecule has 1 rings (SSSR count). The van der Waals surface area contributed by atoms with Crippen molar-refractivity contribution in [2.45, 2.75) is 19.3 Å². The summed E-state index contributed by atoms with van der Waals surface area (Å²) in [5.41, 5.74) is 0. The summed E-state index contributed by atoms with van der Waals surface area (Å²) in [5.74, 6) is -1.41. The van der Waals surface area contributed by atoms with Crippen LogP contribution in [0, 0.1) is 22.0 Å². The molecule has 0 spiro atoms. The summed E-state index contributed by atoms with van der Waals surface area (Å²) >= 11 is 0. The molecule has 12 heavy (non-hydrogen) atoms. The zero-order valence-corrected chi connectivity index (χ0v) is 6.60. The van der Waals surface area contributed by atoms with Crippen molar-refractivity contribution in [3.63, 3.8) is 0 Å². The fraction of sp³-hybridized carbons (Fsp3) is 0.857. The van der Waals surface area contributed by atoms with Crippen molar-refractivity contribution in [2.75, 3.05) is 6.54 Å². The van der Waals surface area contributed by atoms with Crippen LogP contribution < -0.4 is 0 Å². The minimum absolute atomic E-state index is 0.422. The molecule has 1 aliphatic rings. The molecule has 0 heterocycles. The number of aliphatic carboxylic acids is 1. The Labute approximate surface area is 69.5 Å². The van der Waals surface area contributed by atoms with Gasteiger partial charge in [-0.25, -0.2) is 0 Å². The second kappa shape index (κ2) is 3.51. The lowest BCUT2D eigenvalue weighted by Crippen LogP contribution is -2.23. The molecule has 0 radical (unpaired) electrons. The van der Waals surface area contributed by atoms with Crippen LogP contribution in [-0.2, 0) is 4.79 Å². The normalized spacial score (nSPS) is 18.7. The van der Waals surface area contributed by atoms with E-state index >= 15 is 0 Å². The molecule has 1 N–H and O–H groups in total. The van der Waals surface area contributed by atoms with Gasteiger partial charge in [-0.1, -0.05) is 12.8 Å². The first-order chi connectivity index (χ1) is 5.59. The summed E-state index contributed by atoms with van der Waals surface area (Å²) in [7, 11) is 0. The predicted molar refractivity (Wildman–Crippen MR) is 40.3 cm³/mol. The van der Waals surface area contributed by atoms with Crippen molar-refractivity contribution < 1.29 is 14.8 Å². The largest absolute Gasteiger partial charge is 0.481 e. The molecule has 5 nitrogen and oxygen atoms in total. The van der Waals surface area contributed by atoms with Gasteiger partial charge < -0.3 is 5.11 Å². The van der Waals surface area contributed by atoms with E-state index < -0.39 is 23.4 Å². The number of carboxylic acid groups (broad SMARTS) is 1. The molecule has 1 saturated carbocycles. The zero-order valence-electron chi connectivity index (χ0n) is 6.60. The Bertz CT molecular complexity index is 200. The van der Waals surface area contributed by atoms with Crippen molar-refractivity contribution in [2.24, 2.45) is 11.8 Å². The highest BCUT2D eigenvalue weighted by molar-refractivity contribution is 5.70. The first-order valence-corrected chi connectivity index (χ1v) is 3.94. The van der Waals surface area contributed by atoms with Crippen molar-refractivity contribution in [3.8, 4) is 0 Å². The van der Waals surface area contributed by atoms with E-state index in [1.54, 1.807) is 0 Å². The Morgan fingerprint density at radius 2 is 2.25 bits per heavy atom. The number of hydrogen-bond acceptors (Lipinski definition) is 3. The molecule has 1 fully saturated rings. The van der Waals surface area contributed by atoms with Gasteiger partial charge in [0.05, 0.1) is 0 Å². The molecule has 1 aliphatic carbocycles. The molecule has 0 aromatic carbocycles. The minimum Gasteiger partial charge on any atom is -0.481 e. The first kappa shape index (κ1) is 8.96. The topological polar surface area (TPSA) is 80.4 Å². The molecule has 0 bridgehead atoms. The summed E-state index contributed by atoms with van der Waals surface area (Å²) in [5, 5.41) is 18.7. The van der Waals surface area contributed by atoms with Crippen LogP contribution in [0.15, 0.2) is 0 Å². The van der Waals surface area contributed by atoms with E-state index in [1.807, 2.05) is 0 Å². The van der Waals surface area contributed by atoms with E-state index in [-0.39, 0.29) is 0 Å². The third-order valence-corrected chi connectivity index (χ3v) is 2.03. The average Bonchev–Trinajstić information content (AvgIpc) is 2.68. The summed E-state index contributed by atoms with van der Waals surface area (Å²) in [6, 6.07) is 0. The van der Waals surface area contributed by atoms with Crippen molar-refractivity contribution in [1.82, 2.24) is 0 Å². The van der Waals surface area contributed by atoms with Crippen LogP contribution in [0.5, 0.6) is 0 Å². The number of carboxylic acids is 1. The minimum atomic E-state index is -1.04. The summed E-state index contributed by atoms with van der Waals surface area (Å²) in [6.45, 7) is -0.439. The molecule has 0 amide bonds. The third-order valence-electron chi connectivity index (χ3n) is 2.03. The van der Waals surface area contributed by atoms with Crippen LogP contribution in [0.3, 0.4) is 0 Å². The summed E-state index contributed by atoms with van der Waals surface area (Å²) in [4.78, 5) is 20.0. The van der Waals surface area contributed by atoms with Crippen LogP contribution in [-0.4, -0.2) is 22.5 Å². The lowest BCUT2D eigenvalue weighted by atomic mass is 10.0. The highest BCUT2D eigenvalue weighted by atomic mass is 16.6. The van der Waals surface area contributed by atoms with Gasteiger partial charge in [0, 0.05) is 4.92 Å². The van der Waals surface area contributed by atoms with Gasteiger partial charge in [-0.3, -0.25) is 14.9 Å². The maximum absolute atomic E-state index is 10.5. The van der Waals surface area contributed by atoms with Gasteiger partial charge in [0.25, 0.3) is 0 Å². The first-order valence-electron chi connectivity index (χ1n) is 3.94. The van der Waals surface area contributed by atoms with Gasteiger partial charge in [0.1, 0.15) is 5.92 Å². The highest BCUT2D eigenvalue weighted by Gasteiger charge is 2.32. The standard InChI is InChI=1S/C7H11NO4/c9-7(10)6(4-8(11)12)3-5-1-2-5/h5-6H,1-4H2,(H,9,10). The van der Waals surface area contributed by atoms with Gasteiger partial charge in [-0.2, -0.15) is 0 Å². The van der Waals surface area contributed by atoms with Crippen molar-refractivity contribution >= 4 is 5.97 Å². The monoisotopic (exact) mass is 173 g/mol. The molecule has 0 aromatic heterocycles. The van der Waals surface area contributed by atoms with Crippen LogP contribution in [0.25, 0.3) is 0 Å². The molecule has 1 atom stereocenters. The van der Waals surface area contributed by atoms with E-state index in [0.29, 0.717) is 12.3 Å². The van der Waals surface area contributed by atoms with E-state index in [4.69, 9.17) is 5.11 Å². The van der Waals surface area contributed by atoms with E-state index in [0.717, 1.165) is 12.8 Å². The fourth-order valence-corrected chi connectivity index (χ4v) is 1.19. The lowest BCUT2D eigenvalue weighted by molar-refractivity contribution is -0.486. The second-order valence-electron chi connectivity index (χ2n) is 3.23. The molecule has 68 valence electrons. The lowest BCUT2D eigenvalue weighted by Gasteiger charge is -2.05.